The van der Waals surface area contributed by atoms with Crippen LogP contribution in [0.5, 0.6) is 0 Å². The monoisotopic (exact) mass is 283 g/mol. The average Bonchev–Trinajstić information content (AvgIpc) is 2.53. The van der Waals surface area contributed by atoms with Crippen LogP contribution in [0.1, 0.15) is 39.0 Å². The van der Waals surface area contributed by atoms with Gasteiger partial charge in [-0.25, -0.2) is 0 Å². The summed E-state index contributed by atoms with van der Waals surface area (Å²) in [4.78, 5) is 16.8. The van der Waals surface area contributed by atoms with E-state index in [0.29, 0.717) is 25.2 Å². The standard InChI is InChI=1S/C15H29N3O2/c1-13(15(19)18-8-3-2-4-9-18)17-10-5-14(6-11-17)20-12-7-16/h13-14H,2-12,16H2,1H3. The maximum atomic E-state index is 12.5. The summed E-state index contributed by atoms with van der Waals surface area (Å²) >= 11 is 0. The van der Waals surface area contributed by atoms with Gasteiger partial charge in [0.1, 0.15) is 0 Å². The first-order valence-corrected chi connectivity index (χ1v) is 8.07. The number of hydrogen-bond acceptors (Lipinski definition) is 4. The minimum atomic E-state index is 0.0172. The van der Waals surface area contributed by atoms with Crippen LogP contribution in [0.4, 0.5) is 0 Å². The van der Waals surface area contributed by atoms with Gasteiger partial charge in [0.05, 0.1) is 18.8 Å². The summed E-state index contributed by atoms with van der Waals surface area (Å²) in [7, 11) is 0. The highest BCUT2D eigenvalue weighted by Gasteiger charge is 2.29. The zero-order valence-electron chi connectivity index (χ0n) is 12.7. The summed E-state index contributed by atoms with van der Waals surface area (Å²) in [5, 5.41) is 0. The minimum absolute atomic E-state index is 0.0172. The molecule has 0 spiro atoms. The fourth-order valence-corrected chi connectivity index (χ4v) is 3.20. The van der Waals surface area contributed by atoms with Crippen LogP contribution in [-0.4, -0.2) is 67.2 Å². The first-order valence-electron chi connectivity index (χ1n) is 8.07. The molecule has 0 saturated carbocycles. The minimum Gasteiger partial charge on any atom is -0.377 e. The van der Waals surface area contributed by atoms with Gasteiger partial charge in [-0.05, 0) is 39.0 Å². The number of carbonyl (C=O) groups excluding carboxylic acids is 1. The van der Waals surface area contributed by atoms with E-state index in [1.165, 1.54) is 6.42 Å². The van der Waals surface area contributed by atoms with E-state index in [4.69, 9.17) is 10.5 Å². The van der Waals surface area contributed by atoms with E-state index >= 15 is 0 Å². The number of likely N-dealkylation sites (tertiary alicyclic amines) is 2. The summed E-state index contributed by atoms with van der Waals surface area (Å²) in [6.07, 6.45) is 5.94. The van der Waals surface area contributed by atoms with Crippen molar-refractivity contribution in [2.45, 2.75) is 51.2 Å². The molecule has 0 aliphatic carbocycles. The lowest BCUT2D eigenvalue weighted by molar-refractivity contribution is -0.138. The Balaban J connectivity index is 1.75. The summed E-state index contributed by atoms with van der Waals surface area (Å²) < 4.78 is 5.69. The summed E-state index contributed by atoms with van der Waals surface area (Å²) in [6.45, 7) is 7.08. The lowest BCUT2D eigenvalue weighted by Crippen LogP contribution is -2.51. The third kappa shape index (κ3) is 4.17. The lowest BCUT2D eigenvalue weighted by atomic mass is 10.0. The fraction of sp³-hybridized carbons (Fsp3) is 0.933. The molecule has 0 bridgehead atoms. The van der Waals surface area contributed by atoms with Gasteiger partial charge in [0.2, 0.25) is 5.91 Å². The maximum Gasteiger partial charge on any atom is 0.239 e. The van der Waals surface area contributed by atoms with Gasteiger partial charge >= 0.3 is 0 Å². The fourth-order valence-electron chi connectivity index (χ4n) is 3.20. The summed E-state index contributed by atoms with van der Waals surface area (Å²) in [5.41, 5.74) is 5.46. The number of hydrogen-bond donors (Lipinski definition) is 1. The Hall–Kier alpha value is -0.650. The van der Waals surface area contributed by atoms with E-state index in [0.717, 1.165) is 51.9 Å². The van der Waals surface area contributed by atoms with E-state index in [1.807, 2.05) is 4.90 Å². The Morgan fingerprint density at radius 2 is 1.85 bits per heavy atom. The van der Waals surface area contributed by atoms with E-state index in [1.54, 1.807) is 0 Å². The van der Waals surface area contributed by atoms with Gasteiger partial charge in [-0.1, -0.05) is 0 Å². The number of carbonyl (C=O) groups is 1. The first-order chi connectivity index (χ1) is 9.72. The smallest absolute Gasteiger partial charge is 0.239 e. The summed E-state index contributed by atoms with van der Waals surface area (Å²) in [5.74, 6) is 0.311. The molecule has 0 aromatic rings. The van der Waals surface area contributed by atoms with Gasteiger partial charge in [-0.15, -0.1) is 0 Å². The van der Waals surface area contributed by atoms with Crippen molar-refractivity contribution in [2.24, 2.45) is 5.73 Å². The molecule has 0 aromatic heterocycles. The highest BCUT2D eigenvalue weighted by molar-refractivity contribution is 5.81. The van der Waals surface area contributed by atoms with Crippen molar-refractivity contribution in [3.63, 3.8) is 0 Å². The first kappa shape index (κ1) is 15.7. The quantitative estimate of drug-likeness (QED) is 0.812. The van der Waals surface area contributed by atoms with Gasteiger partial charge in [0.15, 0.2) is 0 Å². The molecular weight excluding hydrogens is 254 g/mol. The van der Waals surface area contributed by atoms with Gasteiger partial charge in [-0.3, -0.25) is 9.69 Å². The van der Waals surface area contributed by atoms with Crippen LogP contribution in [-0.2, 0) is 9.53 Å². The second kappa shape index (κ2) is 7.96. The van der Waals surface area contributed by atoms with Gasteiger partial charge in [0.25, 0.3) is 0 Å². The number of rotatable bonds is 5. The lowest BCUT2D eigenvalue weighted by Gasteiger charge is -2.38. The predicted molar refractivity (Wildman–Crippen MR) is 79.5 cm³/mol. The molecule has 1 atom stereocenters. The Morgan fingerprint density at radius 3 is 2.45 bits per heavy atom. The third-order valence-corrected chi connectivity index (χ3v) is 4.52. The zero-order valence-corrected chi connectivity index (χ0v) is 12.7. The van der Waals surface area contributed by atoms with Gasteiger partial charge in [-0.2, -0.15) is 0 Å². The highest BCUT2D eigenvalue weighted by atomic mass is 16.5. The molecule has 2 aliphatic rings. The van der Waals surface area contributed by atoms with Crippen molar-refractivity contribution >= 4 is 5.91 Å². The summed E-state index contributed by atoms with van der Waals surface area (Å²) in [6, 6.07) is 0.0172. The molecule has 2 N–H and O–H groups in total. The molecule has 0 aromatic carbocycles. The molecule has 0 radical (unpaired) electrons. The Labute approximate surface area is 122 Å². The highest BCUT2D eigenvalue weighted by Crippen LogP contribution is 2.18. The van der Waals surface area contributed by atoms with Crippen molar-refractivity contribution in [3.8, 4) is 0 Å². The Morgan fingerprint density at radius 1 is 1.20 bits per heavy atom. The molecule has 5 nitrogen and oxygen atoms in total. The normalized spacial score (nSPS) is 23.8. The Kier molecular flexibility index (Phi) is 6.26. The van der Waals surface area contributed by atoms with E-state index in [2.05, 4.69) is 11.8 Å². The second-order valence-electron chi connectivity index (χ2n) is 5.96. The van der Waals surface area contributed by atoms with Crippen LogP contribution in [0.15, 0.2) is 0 Å². The molecule has 2 heterocycles. The molecule has 2 rings (SSSR count). The number of nitrogens with zero attached hydrogens (tertiary/aromatic N) is 2. The van der Waals surface area contributed by atoms with Crippen molar-refractivity contribution in [1.29, 1.82) is 0 Å². The topological polar surface area (TPSA) is 58.8 Å². The van der Waals surface area contributed by atoms with E-state index < -0.39 is 0 Å². The number of nitrogens with two attached hydrogens (primary N) is 1. The number of piperidine rings is 2. The zero-order chi connectivity index (χ0) is 14.4. The second-order valence-corrected chi connectivity index (χ2v) is 5.96. The molecule has 2 saturated heterocycles. The van der Waals surface area contributed by atoms with Crippen LogP contribution >= 0.6 is 0 Å². The molecule has 1 amide bonds. The molecule has 2 fully saturated rings. The van der Waals surface area contributed by atoms with Gasteiger partial charge < -0.3 is 15.4 Å². The van der Waals surface area contributed by atoms with E-state index in [-0.39, 0.29) is 6.04 Å². The van der Waals surface area contributed by atoms with Gasteiger partial charge in [0, 0.05) is 32.7 Å². The van der Waals surface area contributed by atoms with Crippen LogP contribution in [0, 0.1) is 0 Å². The van der Waals surface area contributed by atoms with Crippen LogP contribution in [0.25, 0.3) is 0 Å². The SMILES string of the molecule is CC(C(=O)N1CCCCC1)N1CCC(OCCN)CC1. The third-order valence-electron chi connectivity index (χ3n) is 4.52. The Bertz CT molecular complexity index is 297. The number of amides is 1. The molecular formula is C15H29N3O2. The van der Waals surface area contributed by atoms with E-state index in [9.17, 15) is 4.79 Å². The average molecular weight is 283 g/mol. The molecule has 2 aliphatic heterocycles. The largest absolute Gasteiger partial charge is 0.377 e. The predicted octanol–water partition coefficient (Wildman–Crippen LogP) is 0.827. The van der Waals surface area contributed by atoms with Crippen LogP contribution < -0.4 is 5.73 Å². The molecule has 1 unspecified atom stereocenters. The van der Waals surface area contributed by atoms with Crippen molar-refractivity contribution in [3.05, 3.63) is 0 Å². The van der Waals surface area contributed by atoms with Crippen LogP contribution in [0.3, 0.4) is 0 Å². The number of ether oxygens (including phenoxy) is 1. The van der Waals surface area contributed by atoms with Crippen molar-refractivity contribution in [2.75, 3.05) is 39.3 Å². The van der Waals surface area contributed by atoms with Crippen molar-refractivity contribution < 1.29 is 9.53 Å². The molecule has 20 heavy (non-hydrogen) atoms. The van der Waals surface area contributed by atoms with Crippen molar-refractivity contribution in [1.82, 2.24) is 9.80 Å². The van der Waals surface area contributed by atoms with Crippen LogP contribution in [0.2, 0.25) is 0 Å². The molecule has 116 valence electrons. The maximum absolute atomic E-state index is 12.5. The molecule has 5 heteroatoms.